The molecule has 1 spiro atoms. The van der Waals surface area contributed by atoms with E-state index in [1.54, 1.807) is 0 Å². The Morgan fingerprint density at radius 2 is 1.87 bits per heavy atom. The van der Waals surface area contributed by atoms with Crippen molar-refractivity contribution in [2.75, 3.05) is 6.61 Å². The molecule has 30 heavy (non-hydrogen) atoms. The Kier molecular flexibility index (Phi) is 6.68. The third-order valence-corrected chi connectivity index (χ3v) is 7.31. The molecule has 1 fully saturated rings. The molecule has 6 atom stereocenters. The lowest BCUT2D eigenvalue weighted by Gasteiger charge is -2.45. The van der Waals surface area contributed by atoms with E-state index in [2.05, 4.69) is 19.2 Å². The van der Waals surface area contributed by atoms with Gasteiger partial charge in [0.2, 0.25) is 5.91 Å². The van der Waals surface area contributed by atoms with Crippen molar-refractivity contribution in [3.8, 4) is 0 Å². The van der Waals surface area contributed by atoms with Crippen LogP contribution >= 0.6 is 0 Å². The topological polar surface area (TPSA) is 104 Å². The second-order valence-electron chi connectivity index (χ2n) is 9.78. The van der Waals surface area contributed by atoms with Gasteiger partial charge in [0.1, 0.15) is 17.3 Å². The fraction of sp³-hybridized carbons (Fsp3) is 0.708. The predicted octanol–water partition coefficient (Wildman–Crippen LogP) is 2.34. The molecule has 0 unspecified atom stereocenters. The summed E-state index contributed by atoms with van der Waals surface area (Å²) in [5, 5.41) is 23.4. The number of carbonyl (C=O) groups excluding carboxylic acids is 3. The van der Waals surface area contributed by atoms with Gasteiger partial charge in [-0.1, -0.05) is 38.5 Å². The Hall–Kier alpha value is -1.79. The van der Waals surface area contributed by atoms with Gasteiger partial charge in [0.05, 0.1) is 6.61 Å². The number of nitrogens with one attached hydrogen (secondary N) is 1. The minimum atomic E-state index is -1.26. The van der Waals surface area contributed by atoms with Gasteiger partial charge in [0.25, 0.3) is 0 Å². The van der Waals surface area contributed by atoms with E-state index < -0.39 is 17.4 Å². The summed E-state index contributed by atoms with van der Waals surface area (Å²) in [5.74, 6) is -1.23. The standard InChI is InChI=1S/C24H35NO5/c1-13(2)9-18-22-15(4)16(12-26)11-17-10-14(3)5-6-19(27)20(28)7-8-21(29)24(17,22)23(30)25-18/h10-11,13,15,17-18,20,22,26,28H,5-9,12H2,1-4H3,(H,25,30)/t15-,17+,18+,20+,22+,24-/m1/s1. The Balaban J connectivity index is 2.18. The molecule has 3 rings (SSSR count). The van der Waals surface area contributed by atoms with Crippen molar-refractivity contribution >= 4 is 17.5 Å². The molecule has 2 aliphatic carbocycles. The molecule has 3 aliphatic rings. The van der Waals surface area contributed by atoms with Crippen LogP contribution in [0.15, 0.2) is 23.3 Å². The first-order valence-electron chi connectivity index (χ1n) is 11.2. The van der Waals surface area contributed by atoms with Crippen molar-refractivity contribution in [1.29, 1.82) is 0 Å². The maximum atomic E-state index is 13.7. The highest BCUT2D eigenvalue weighted by Gasteiger charge is 2.65. The highest BCUT2D eigenvalue weighted by Crippen LogP contribution is 2.55. The number of hydrogen-bond donors (Lipinski definition) is 3. The molecule has 0 bridgehead atoms. The number of ketones is 2. The van der Waals surface area contributed by atoms with Gasteiger partial charge in [-0.25, -0.2) is 0 Å². The summed E-state index contributed by atoms with van der Waals surface area (Å²) in [5.41, 5.74) is 0.511. The molecule has 6 heteroatoms. The molecule has 6 nitrogen and oxygen atoms in total. The molecular weight excluding hydrogens is 382 g/mol. The van der Waals surface area contributed by atoms with Gasteiger partial charge in [0.15, 0.2) is 5.78 Å². The number of amides is 1. The first-order chi connectivity index (χ1) is 14.1. The SMILES string of the molecule is CC1=C[C@H]2C=C(CO)[C@@H](C)[C@H]3[C@H](CC(C)C)NC(=O)[C@@]23C(=O)CC[C@H](O)C(=O)CC1. The van der Waals surface area contributed by atoms with E-state index in [0.29, 0.717) is 12.3 Å². The van der Waals surface area contributed by atoms with E-state index in [0.717, 1.165) is 17.6 Å². The summed E-state index contributed by atoms with van der Waals surface area (Å²) in [6, 6.07) is -0.153. The van der Waals surface area contributed by atoms with Gasteiger partial charge < -0.3 is 15.5 Å². The summed E-state index contributed by atoms with van der Waals surface area (Å²) < 4.78 is 0. The lowest BCUT2D eigenvalue weighted by atomic mass is 9.54. The van der Waals surface area contributed by atoms with Crippen LogP contribution in [0.1, 0.15) is 59.8 Å². The maximum absolute atomic E-state index is 13.7. The Labute approximate surface area is 178 Å². The minimum absolute atomic E-state index is 0.0103. The van der Waals surface area contributed by atoms with Gasteiger partial charge in [0, 0.05) is 30.7 Å². The van der Waals surface area contributed by atoms with E-state index in [1.807, 2.05) is 26.0 Å². The van der Waals surface area contributed by atoms with Crippen molar-refractivity contribution in [2.24, 2.45) is 29.1 Å². The lowest BCUT2D eigenvalue weighted by Crippen LogP contribution is -2.53. The quantitative estimate of drug-likeness (QED) is 0.483. The Morgan fingerprint density at radius 1 is 1.17 bits per heavy atom. The Bertz CT molecular complexity index is 782. The maximum Gasteiger partial charge on any atom is 0.235 e. The zero-order chi connectivity index (χ0) is 22.2. The summed E-state index contributed by atoms with van der Waals surface area (Å²) >= 11 is 0. The molecule has 1 saturated heterocycles. The van der Waals surface area contributed by atoms with E-state index >= 15 is 0 Å². The number of allylic oxidation sites excluding steroid dienone is 3. The number of Topliss-reactive ketones (excluding diaryl/α,β-unsaturated/α-hetero) is 2. The van der Waals surface area contributed by atoms with Crippen LogP contribution in [0.4, 0.5) is 0 Å². The molecule has 1 aliphatic heterocycles. The average molecular weight is 418 g/mol. The number of aliphatic hydroxyl groups is 2. The smallest absolute Gasteiger partial charge is 0.235 e. The third-order valence-electron chi connectivity index (χ3n) is 7.31. The minimum Gasteiger partial charge on any atom is -0.392 e. The van der Waals surface area contributed by atoms with Crippen LogP contribution in [-0.2, 0) is 14.4 Å². The molecule has 0 saturated carbocycles. The second-order valence-corrected chi connectivity index (χ2v) is 9.78. The zero-order valence-corrected chi connectivity index (χ0v) is 18.5. The fourth-order valence-corrected chi connectivity index (χ4v) is 5.81. The van der Waals surface area contributed by atoms with Crippen LogP contribution in [-0.4, -0.2) is 46.4 Å². The molecule has 1 amide bonds. The van der Waals surface area contributed by atoms with E-state index in [-0.39, 0.29) is 61.2 Å². The van der Waals surface area contributed by atoms with Crippen LogP contribution in [0.25, 0.3) is 0 Å². The first kappa shape index (κ1) is 22.9. The van der Waals surface area contributed by atoms with Crippen LogP contribution < -0.4 is 5.32 Å². The first-order valence-corrected chi connectivity index (χ1v) is 11.2. The normalized spacial score (nSPS) is 37.7. The van der Waals surface area contributed by atoms with E-state index in [9.17, 15) is 24.6 Å². The predicted molar refractivity (Wildman–Crippen MR) is 113 cm³/mol. The highest BCUT2D eigenvalue weighted by molar-refractivity contribution is 6.09. The van der Waals surface area contributed by atoms with Crippen molar-refractivity contribution in [3.05, 3.63) is 23.3 Å². The second kappa shape index (κ2) is 8.75. The van der Waals surface area contributed by atoms with E-state index in [4.69, 9.17) is 0 Å². The summed E-state index contributed by atoms with van der Waals surface area (Å²) in [4.78, 5) is 39.5. The summed E-state index contributed by atoms with van der Waals surface area (Å²) in [6.45, 7) is 7.97. The lowest BCUT2D eigenvalue weighted by molar-refractivity contribution is -0.145. The number of carbonyl (C=O) groups is 3. The van der Waals surface area contributed by atoms with Gasteiger partial charge in [-0.2, -0.15) is 0 Å². The monoisotopic (exact) mass is 417 g/mol. The van der Waals surface area contributed by atoms with E-state index in [1.165, 1.54) is 0 Å². The molecule has 0 aromatic heterocycles. The van der Waals surface area contributed by atoms with Gasteiger partial charge >= 0.3 is 0 Å². The number of rotatable bonds is 3. The summed E-state index contributed by atoms with van der Waals surface area (Å²) in [6.07, 6.45) is 4.16. The Morgan fingerprint density at radius 3 is 2.50 bits per heavy atom. The zero-order valence-electron chi connectivity index (χ0n) is 18.5. The molecule has 0 aromatic carbocycles. The van der Waals surface area contributed by atoms with Gasteiger partial charge in [-0.05, 0) is 43.6 Å². The largest absolute Gasteiger partial charge is 0.392 e. The van der Waals surface area contributed by atoms with Crippen LogP contribution in [0.3, 0.4) is 0 Å². The molecule has 166 valence electrons. The number of hydrogen-bond acceptors (Lipinski definition) is 5. The van der Waals surface area contributed by atoms with Crippen LogP contribution in [0.2, 0.25) is 0 Å². The van der Waals surface area contributed by atoms with Crippen molar-refractivity contribution in [2.45, 2.75) is 71.9 Å². The third kappa shape index (κ3) is 3.80. The molecule has 3 N–H and O–H groups in total. The van der Waals surface area contributed by atoms with Crippen LogP contribution in [0.5, 0.6) is 0 Å². The molecule has 0 aromatic rings. The molecule has 1 heterocycles. The van der Waals surface area contributed by atoms with Gasteiger partial charge in [-0.3, -0.25) is 14.4 Å². The molecular formula is C24H35NO5. The van der Waals surface area contributed by atoms with Crippen molar-refractivity contribution in [1.82, 2.24) is 5.32 Å². The fourth-order valence-electron chi connectivity index (χ4n) is 5.81. The summed E-state index contributed by atoms with van der Waals surface area (Å²) in [7, 11) is 0. The highest BCUT2D eigenvalue weighted by atomic mass is 16.3. The number of aliphatic hydroxyl groups excluding tert-OH is 2. The molecule has 0 radical (unpaired) electrons. The van der Waals surface area contributed by atoms with Crippen molar-refractivity contribution in [3.63, 3.8) is 0 Å². The van der Waals surface area contributed by atoms with Crippen LogP contribution in [0, 0.1) is 29.1 Å². The average Bonchev–Trinajstić information content (AvgIpc) is 2.97. The van der Waals surface area contributed by atoms with Gasteiger partial charge in [-0.15, -0.1) is 0 Å². The van der Waals surface area contributed by atoms with Crippen molar-refractivity contribution < 1.29 is 24.6 Å².